The molecule has 0 heterocycles. The third kappa shape index (κ3) is 8.80. The summed E-state index contributed by atoms with van der Waals surface area (Å²) in [6, 6.07) is 3.45. The van der Waals surface area contributed by atoms with Crippen molar-refractivity contribution in [3.05, 3.63) is 35.9 Å². The predicted molar refractivity (Wildman–Crippen MR) is 108 cm³/mol. The van der Waals surface area contributed by atoms with E-state index in [9.17, 15) is 29.1 Å². The fourth-order valence-corrected chi connectivity index (χ4v) is 2.49. The second-order valence-electron chi connectivity index (χ2n) is 6.84. The summed E-state index contributed by atoms with van der Waals surface area (Å²) in [4.78, 5) is 59.0. The van der Waals surface area contributed by atoms with Gasteiger partial charge in [0.05, 0.1) is 19.1 Å². The zero-order valence-electron chi connectivity index (χ0n) is 16.9. The van der Waals surface area contributed by atoms with Gasteiger partial charge in [-0.15, -0.1) is 0 Å². The number of nitrogens with one attached hydrogen (secondary N) is 3. The summed E-state index contributed by atoms with van der Waals surface area (Å²) in [5.41, 5.74) is 11.2. The van der Waals surface area contributed by atoms with E-state index >= 15 is 0 Å². The van der Waals surface area contributed by atoms with Gasteiger partial charge in [0.25, 0.3) is 0 Å². The third-order valence-electron chi connectivity index (χ3n) is 4.22. The lowest BCUT2D eigenvalue weighted by Crippen LogP contribution is -2.58. The van der Waals surface area contributed by atoms with Gasteiger partial charge in [-0.1, -0.05) is 30.3 Å². The molecule has 4 atom stereocenters. The highest BCUT2D eigenvalue weighted by Crippen LogP contribution is 2.05. The Morgan fingerprint density at radius 3 is 2.00 bits per heavy atom. The number of aliphatic hydroxyl groups is 1. The summed E-state index contributed by atoms with van der Waals surface area (Å²) in [5, 5.41) is 25.3. The van der Waals surface area contributed by atoms with Crippen molar-refractivity contribution >= 4 is 29.6 Å². The van der Waals surface area contributed by atoms with Gasteiger partial charge >= 0.3 is 5.97 Å². The lowest BCUT2D eigenvalue weighted by atomic mass is 10.0. The number of hydrogen-bond donors (Lipinski definition) is 7. The summed E-state index contributed by atoms with van der Waals surface area (Å²) in [7, 11) is 0. The highest BCUT2D eigenvalue weighted by Gasteiger charge is 2.29. The quantitative estimate of drug-likeness (QED) is 0.178. The monoisotopic (exact) mass is 437 g/mol. The summed E-state index contributed by atoms with van der Waals surface area (Å²) in [5.74, 6) is -4.64. The van der Waals surface area contributed by atoms with Crippen molar-refractivity contribution in [1.29, 1.82) is 0 Å². The molecular formula is C19H27N5O7. The van der Waals surface area contributed by atoms with Gasteiger partial charge in [0.2, 0.25) is 23.6 Å². The maximum atomic E-state index is 12.6. The minimum Gasteiger partial charge on any atom is -0.480 e. The molecule has 0 aliphatic heterocycles. The van der Waals surface area contributed by atoms with Gasteiger partial charge in [-0.2, -0.15) is 0 Å². The number of rotatable bonds is 12. The SMILES string of the molecule is CC(NC(=O)C(Cc1ccccc1)NC(=O)C(CO)NC(=O)C(N)CC(N)=O)C(=O)O. The minimum atomic E-state index is -1.46. The van der Waals surface area contributed by atoms with E-state index in [1.54, 1.807) is 30.3 Å². The van der Waals surface area contributed by atoms with Crippen LogP contribution in [0.25, 0.3) is 0 Å². The predicted octanol–water partition coefficient (Wildman–Crippen LogP) is -3.02. The molecule has 4 unspecified atom stereocenters. The smallest absolute Gasteiger partial charge is 0.325 e. The van der Waals surface area contributed by atoms with Crippen LogP contribution in [-0.2, 0) is 30.4 Å². The van der Waals surface area contributed by atoms with Crippen molar-refractivity contribution in [3.8, 4) is 0 Å². The van der Waals surface area contributed by atoms with Crippen LogP contribution in [0, 0.1) is 0 Å². The first-order valence-corrected chi connectivity index (χ1v) is 9.37. The highest BCUT2D eigenvalue weighted by molar-refractivity contribution is 5.95. The van der Waals surface area contributed by atoms with Gasteiger partial charge in [-0.25, -0.2) is 0 Å². The van der Waals surface area contributed by atoms with Crippen molar-refractivity contribution in [2.45, 2.75) is 43.9 Å². The molecule has 0 saturated heterocycles. The molecule has 0 aromatic heterocycles. The van der Waals surface area contributed by atoms with Crippen molar-refractivity contribution in [2.75, 3.05) is 6.61 Å². The van der Waals surface area contributed by atoms with Gasteiger partial charge in [0.1, 0.15) is 18.1 Å². The second kappa shape index (κ2) is 12.2. The zero-order chi connectivity index (χ0) is 23.6. The lowest BCUT2D eigenvalue weighted by molar-refractivity contribution is -0.141. The number of nitrogens with two attached hydrogens (primary N) is 2. The Hall–Kier alpha value is -3.51. The Bertz CT molecular complexity index is 802. The molecular weight excluding hydrogens is 410 g/mol. The number of amides is 4. The molecule has 0 spiro atoms. The van der Waals surface area contributed by atoms with Crippen LogP contribution >= 0.6 is 0 Å². The van der Waals surface area contributed by atoms with Gasteiger partial charge in [0, 0.05) is 6.42 Å². The number of aliphatic carboxylic acids is 1. The molecule has 31 heavy (non-hydrogen) atoms. The largest absolute Gasteiger partial charge is 0.480 e. The van der Waals surface area contributed by atoms with Crippen LogP contribution in [0.3, 0.4) is 0 Å². The molecule has 0 fully saturated rings. The molecule has 1 rings (SSSR count). The summed E-state index contributed by atoms with van der Waals surface area (Å²) < 4.78 is 0. The normalized spacial score (nSPS) is 14.4. The fraction of sp³-hybridized carbons (Fsp3) is 0.421. The Labute approximate surface area is 178 Å². The van der Waals surface area contributed by atoms with Gasteiger partial charge in [-0.3, -0.25) is 24.0 Å². The summed E-state index contributed by atoms with van der Waals surface area (Å²) >= 11 is 0. The highest BCUT2D eigenvalue weighted by atomic mass is 16.4. The number of carboxylic acids is 1. The van der Waals surface area contributed by atoms with Crippen molar-refractivity contribution in [1.82, 2.24) is 16.0 Å². The van der Waals surface area contributed by atoms with Crippen LogP contribution in [0.4, 0.5) is 0 Å². The first-order chi connectivity index (χ1) is 14.5. The Morgan fingerprint density at radius 2 is 1.48 bits per heavy atom. The van der Waals surface area contributed by atoms with Gasteiger partial charge < -0.3 is 37.6 Å². The van der Waals surface area contributed by atoms with Crippen molar-refractivity contribution in [3.63, 3.8) is 0 Å². The van der Waals surface area contributed by atoms with Crippen LogP contribution in [0.2, 0.25) is 0 Å². The lowest BCUT2D eigenvalue weighted by Gasteiger charge is -2.23. The van der Waals surface area contributed by atoms with Gasteiger partial charge in [-0.05, 0) is 12.5 Å². The molecule has 1 aromatic rings. The van der Waals surface area contributed by atoms with Crippen molar-refractivity contribution < 1.29 is 34.2 Å². The van der Waals surface area contributed by atoms with E-state index in [-0.39, 0.29) is 6.42 Å². The summed E-state index contributed by atoms with van der Waals surface area (Å²) in [6.07, 6.45) is -0.435. The minimum absolute atomic E-state index is 0.0258. The van der Waals surface area contributed by atoms with Crippen LogP contribution in [0.1, 0.15) is 18.9 Å². The van der Waals surface area contributed by atoms with Crippen LogP contribution in [-0.4, -0.2) is 70.6 Å². The molecule has 12 nitrogen and oxygen atoms in total. The Morgan fingerprint density at radius 1 is 0.935 bits per heavy atom. The molecule has 0 saturated carbocycles. The molecule has 9 N–H and O–H groups in total. The molecule has 1 aromatic carbocycles. The maximum Gasteiger partial charge on any atom is 0.325 e. The molecule has 0 bridgehead atoms. The van der Waals surface area contributed by atoms with Crippen molar-refractivity contribution in [2.24, 2.45) is 11.5 Å². The van der Waals surface area contributed by atoms with Crippen LogP contribution in [0.15, 0.2) is 30.3 Å². The number of aliphatic hydroxyl groups excluding tert-OH is 1. The van der Waals surface area contributed by atoms with E-state index in [4.69, 9.17) is 16.6 Å². The molecule has 0 aliphatic rings. The maximum absolute atomic E-state index is 12.6. The van der Waals surface area contributed by atoms with E-state index in [1.807, 2.05) is 0 Å². The molecule has 170 valence electrons. The van der Waals surface area contributed by atoms with E-state index in [0.717, 1.165) is 0 Å². The van der Waals surface area contributed by atoms with E-state index in [0.29, 0.717) is 5.56 Å². The number of carbonyl (C=O) groups is 5. The Kier molecular flexibility index (Phi) is 10.1. The first-order valence-electron chi connectivity index (χ1n) is 9.37. The molecule has 12 heteroatoms. The number of carbonyl (C=O) groups excluding carboxylic acids is 4. The van der Waals surface area contributed by atoms with Crippen LogP contribution in [0.5, 0.6) is 0 Å². The Balaban J connectivity index is 2.92. The van der Waals surface area contributed by atoms with Gasteiger partial charge in [0.15, 0.2) is 0 Å². The molecule has 4 amide bonds. The average molecular weight is 437 g/mol. The number of hydrogen-bond acceptors (Lipinski definition) is 7. The fourth-order valence-electron chi connectivity index (χ4n) is 2.49. The van der Waals surface area contributed by atoms with E-state index < -0.39 is 66.8 Å². The number of carboxylic acid groups (broad SMARTS) is 1. The molecule has 0 radical (unpaired) electrons. The number of benzene rings is 1. The molecule has 0 aliphatic carbocycles. The average Bonchev–Trinajstić information content (AvgIpc) is 2.71. The topological polar surface area (TPSA) is 214 Å². The van der Waals surface area contributed by atoms with Crippen LogP contribution < -0.4 is 27.4 Å². The first kappa shape index (κ1) is 25.5. The number of primary amides is 1. The standard InChI is InChI=1S/C19H27N5O7/c1-10(19(30)31)22-17(28)13(7-11-5-3-2-4-6-11)23-18(29)14(9-25)24-16(27)12(20)8-15(21)26/h2-6,10,12-14,25H,7-9,20H2,1H3,(H2,21,26)(H,22,28)(H,23,29)(H,24,27)(H,30,31). The van der Waals surface area contributed by atoms with E-state index in [1.165, 1.54) is 6.92 Å². The van der Waals surface area contributed by atoms with E-state index in [2.05, 4.69) is 16.0 Å². The third-order valence-corrected chi connectivity index (χ3v) is 4.22. The zero-order valence-corrected chi connectivity index (χ0v) is 16.9. The second-order valence-corrected chi connectivity index (χ2v) is 6.84. The summed E-state index contributed by atoms with van der Waals surface area (Å²) in [6.45, 7) is 0.449.